The number of hydrogen-bond donors (Lipinski definition) is 1. The quantitative estimate of drug-likeness (QED) is 0.358. The molecule has 4 rings (SSSR count). The molecule has 0 unspecified atom stereocenters. The predicted octanol–water partition coefficient (Wildman–Crippen LogP) is 2.99. The van der Waals surface area contributed by atoms with Crippen molar-refractivity contribution in [1.82, 2.24) is 29.9 Å². The van der Waals surface area contributed by atoms with Gasteiger partial charge < -0.3 is 24.1 Å². The molecule has 1 aliphatic carbocycles. The van der Waals surface area contributed by atoms with E-state index in [1.165, 1.54) is 6.33 Å². The zero-order valence-corrected chi connectivity index (χ0v) is 21.3. The van der Waals surface area contributed by atoms with Crippen molar-refractivity contribution in [3.8, 4) is 28.9 Å². The molecule has 0 amide bonds. The highest BCUT2D eigenvalue weighted by Crippen LogP contribution is 2.30. The molecule has 0 spiro atoms. The lowest BCUT2D eigenvalue weighted by atomic mass is 9.87. The molecule has 0 radical (unpaired) electrons. The number of carboxylic acids is 1. The van der Waals surface area contributed by atoms with E-state index in [1.807, 2.05) is 19.1 Å². The van der Waals surface area contributed by atoms with Gasteiger partial charge in [-0.05, 0) is 44.7 Å². The molecule has 0 aromatic carbocycles. The highest BCUT2D eigenvalue weighted by Gasteiger charge is 2.28. The number of nitrogens with zero attached hydrogens (tertiary/aromatic N) is 6. The van der Waals surface area contributed by atoms with E-state index in [0.717, 1.165) is 25.0 Å². The highest BCUT2D eigenvalue weighted by molar-refractivity contribution is 5.70. The van der Waals surface area contributed by atoms with Crippen LogP contribution in [0.1, 0.15) is 43.5 Å². The fraction of sp³-hybridized carbons (Fsp3) is 0.520. The monoisotopic (exact) mass is 512 g/mol. The van der Waals surface area contributed by atoms with Gasteiger partial charge in [0.05, 0.1) is 36.1 Å². The topological polar surface area (TPSA) is 144 Å². The summed E-state index contributed by atoms with van der Waals surface area (Å²) in [6, 6.07) is 5.30. The van der Waals surface area contributed by atoms with E-state index in [0.29, 0.717) is 60.6 Å². The fourth-order valence-corrected chi connectivity index (χ4v) is 4.20. The number of aryl methyl sites for hydroxylation is 2. The van der Waals surface area contributed by atoms with Crippen LogP contribution in [0.4, 0.5) is 0 Å². The normalized spacial score (nSPS) is 17.4. The molecule has 3 aromatic heterocycles. The maximum absolute atomic E-state index is 11.4. The Morgan fingerprint density at radius 3 is 2.73 bits per heavy atom. The van der Waals surface area contributed by atoms with E-state index in [-0.39, 0.29) is 18.6 Å². The average Bonchev–Trinajstić information content (AvgIpc) is 3.27. The summed E-state index contributed by atoms with van der Waals surface area (Å²) in [6.07, 6.45) is 4.87. The lowest BCUT2D eigenvalue weighted by Gasteiger charge is -2.27. The van der Waals surface area contributed by atoms with Crippen LogP contribution in [0.5, 0.6) is 17.5 Å². The molecule has 12 nitrogen and oxygen atoms in total. The Labute approximate surface area is 215 Å². The molecule has 198 valence electrons. The summed E-state index contributed by atoms with van der Waals surface area (Å²) in [4.78, 5) is 24.3. The number of rotatable bonds is 12. The van der Waals surface area contributed by atoms with Crippen LogP contribution in [-0.2, 0) is 23.2 Å². The van der Waals surface area contributed by atoms with Gasteiger partial charge in [-0.15, -0.1) is 5.10 Å². The largest absolute Gasteiger partial charge is 0.489 e. The first-order valence-corrected chi connectivity index (χ1v) is 12.3. The minimum Gasteiger partial charge on any atom is -0.489 e. The van der Waals surface area contributed by atoms with Crippen molar-refractivity contribution in [2.75, 3.05) is 20.3 Å². The molecule has 2 atom stereocenters. The van der Waals surface area contributed by atoms with Crippen molar-refractivity contribution in [3.63, 3.8) is 0 Å². The van der Waals surface area contributed by atoms with Crippen LogP contribution >= 0.6 is 0 Å². The number of carbonyl (C=O) groups is 1. The van der Waals surface area contributed by atoms with Gasteiger partial charge in [-0.1, -0.05) is 5.21 Å². The van der Waals surface area contributed by atoms with Crippen LogP contribution in [0.3, 0.4) is 0 Å². The van der Waals surface area contributed by atoms with Crippen LogP contribution in [0, 0.1) is 12.8 Å². The summed E-state index contributed by atoms with van der Waals surface area (Å²) in [5.74, 6) is 0.305. The molecule has 12 heteroatoms. The van der Waals surface area contributed by atoms with Crippen LogP contribution in [0.2, 0.25) is 0 Å². The minimum atomic E-state index is -0.760. The second kappa shape index (κ2) is 12.4. The molecule has 1 fully saturated rings. The molecule has 0 aliphatic heterocycles. The molecular formula is C25H32N6O6. The maximum atomic E-state index is 11.4. The van der Waals surface area contributed by atoms with Crippen molar-refractivity contribution < 1.29 is 28.8 Å². The van der Waals surface area contributed by atoms with Crippen LogP contribution in [0.25, 0.3) is 11.4 Å². The first-order chi connectivity index (χ1) is 17.9. The predicted molar refractivity (Wildman–Crippen MR) is 131 cm³/mol. The Kier molecular flexibility index (Phi) is 8.83. The van der Waals surface area contributed by atoms with E-state index in [2.05, 4.69) is 25.3 Å². The molecule has 1 saturated carbocycles. The number of aliphatic carboxylic acids is 1. The van der Waals surface area contributed by atoms with Crippen molar-refractivity contribution >= 4 is 5.97 Å². The number of pyridine rings is 1. The summed E-state index contributed by atoms with van der Waals surface area (Å²) in [6.45, 7) is 3.11. The Balaban J connectivity index is 1.41. The molecule has 37 heavy (non-hydrogen) atoms. The van der Waals surface area contributed by atoms with Gasteiger partial charge in [-0.3, -0.25) is 4.79 Å². The van der Waals surface area contributed by atoms with Gasteiger partial charge in [-0.25, -0.2) is 19.6 Å². The van der Waals surface area contributed by atoms with Crippen LogP contribution in [0.15, 0.2) is 24.5 Å². The number of ether oxygens (including phenoxy) is 4. The lowest BCUT2D eigenvalue weighted by molar-refractivity contribution is -0.143. The Bertz CT molecular complexity index is 1200. The number of aromatic nitrogens is 6. The molecule has 3 heterocycles. The molecule has 1 N–H and O–H groups in total. The third-order valence-corrected chi connectivity index (χ3v) is 6.21. The summed E-state index contributed by atoms with van der Waals surface area (Å²) < 4.78 is 24.3. The summed E-state index contributed by atoms with van der Waals surface area (Å²) in [5, 5.41) is 17.8. The number of methoxy groups -OCH3 is 1. The minimum absolute atomic E-state index is 0.136. The molecule has 0 bridgehead atoms. The van der Waals surface area contributed by atoms with E-state index in [1.54, 1.807) is 24.9 Å². The Hall–Kier alpha value is -3.80. The smallest absolute Gasteiger partial charge is 0.306 e. The van der Waals surface area contributed by atoms with Gasteiger partial charge >= 0.3 is 5.97 Å². The van der Waals surface area contributed by atoms with Crippen LogP contribution < -0.4 is 14.2 Å². The van der Waals surface area contributed by atoms with Gasteiger partial charge in [0, 0.05) is 27.2 Å². The van der Waals surface area contributed by atoms with E-state index in [9.17, 15) is 9.90 Å². The Morgan fingerprint density at radius 2 is 1.97 bits per heavy atom. The first-order valence-electron chi connectivity index (χ1n) is 12.3. The van der Waals surface area contributed by atoms with Crippen molar-refractivity contribution in [2.45, 2.75) is 51.7 Å². The molecular weight excluding hydrogens is 480 g/mol. The second-order valence-corrected chi connectivity index (χ2v) is 8.91. The zero-order chi connectivity index (χ0) is 26.2. The van der Waals surface area contributed by atoms with Crippen molar-refractivity contribution in [1.29, 1.82) is 0 Å². The van der Waals surface area contributed by atoms with Crippen molar-refractivity contribution in [3.05, 3.63) is 35.9 Å². The zero-order valence-electron chi connectivity index (χ0n) is 21.3. The van der Waals surface area contributed by atoms with Gasteiger partial charge in [0.25, 0.3) is 0 Å². The lowest BCUT2D eigenvalue weighted by Crippen LogP contribution is -2.29. The third kappa shape index (κ3) is 6.91. The molecule has 1 aliphatic rings. The van der Waals surface area contributed by atoms with Gasteiger partial charge in [-0.2, -0.15) is 0 Å². The van der Waals surface area contributed by atoms with E-state index in [4.69, 9.17) is 18.9 Å². The van der Waals surface area contributed by atoms with E-state index < -0.39 is 5.97 Å². The highest BCUT2D eigenvalue weighted by atomic mass is 16.5. The van der Waals surface area contributed by atoms with E-state index >= 15 is 0 Å². The van der Waals surface area contributed by atoms with Crippen molar-refractivity contribution in [2.24, 2.45) is 13.0 Å². The standard InChI is InChI=1S/C25H32N6O6/c1-16-21(37-18-7-4-6-17(12-18)25(32)33)9-8-19(28-16)24-20(31(2)30-29-24)14-36-23-13-22(26-15-27-23)35-11-5-10-34-3/h8-9,13,15,17-18H,4-7,10-12,14H2,1-3H3,(H,32,33)/t17-,18-/m0/s1. The number of hydrogen-bond acceptors (Lipinski definition) is 10. The SMILES string of the molecule is COCCCOc1cc(OCc2c(-c3ccc(O[C@H]4CCC[C@H](C(=O)O)C4)c(C)n3)nnn2C)ncn1. The fourth-order valence-electron chi connectivity index (χ4n) is 4.20. The summed E-state index contributed by atoms with van der Waals surface area (Å²) in [7, 11) is 3.43. The molecule has 3 aromatic rings. The maximum Gasteiger partial charge on any atom is 0.306 e. The summed E-state index contributed by atoms with van der Waals surface area (Å²) >= 11 is 0. The average molecular weight is 513 g/mol. The van der Waals surface area contributed by atoms with Gasteiger partial charge in [0.2, 0.25) is 11.8 Å². The van der Waals surface area contributed by atoms with Crippen LogP contribution in [-0.4, -0.2) is 67.4 Å². The third-order valence-electron chi connectivity index (χ3n) is 6.21. The number of carboxylic acid groups (broad SMARTS) is 1. The van der Waals surface area contributed by atoms with Gasteiger partial charge in [0.15, 0.2) is 0 Å². The summed E-state index contributed by atoms with van der Waals surface area (Å²) in [5.41, 5.74) is 2.64. The second-order valence-electron chi connectivity index (χ2n) is 8.91. The molecule has 0 saturated heterocycles. The Morgan fingerprint density at radius 1 is 1.16 bits per heavy atom. The van der Waals surface area contributed by atoms with Gasteiger partial charge in [0.1, 0.15) is 30.1 Å². The first kappa shape index (κ1) is 26.3.